The number of phosphoric ester groups is 1. The molecule has 8 nitrogen and oxygen atoms in total. The van der Waals surface area contributed by atoms with E-state index in [0.29, 0.717) is 23.9 Å². The summed E-state index contributed by atoms with van der Waals surface area (Å²) in [7, 11) is 1.61. The molecule has 0 heterocycles. The minimum absolute atomic E-state index is 0.00654. The number of hydrogen-bond donors (Lipinski definition) is 1. The van der Waals surface area contributed by atoms with Crippen molar-refractivity contribution in [3.05, 3.63) is 0 Å². The summed E-state index contributed by atoms with van der Waals surface area (Å²) in [5.74, 6) is -0.297. The number of likely N-dealkylation sites (N-methyl/N-ethyl adjacent to an activating group) is 1. The summed E-state index contributed by atoms with van der Waals surface area (Å²) in [6.45, 7) is 4.88. The van der Waals surface area contributed by atoms with Gasteiger partial charge in [-0.25, -0.2) is 4.57 Å². The molecule has 0 fully saturated rings. The molecule has 10 heteroatoms. The molecule has 0 saturated carbocycles. The Morgan fingerprint density at radius 3 is 1.36 bits per heavy atom. The lowest BCUT2D eigenvalue weighted by Crippen LogP contribution is -2.37. The molecule has 0 aromatic carbocycles. The molecule has 298 valence electrons. The fraction of sp³-hybridized carbons (Fsp3) is 0.950. The monoisotopic (exact) mass is 751 g/mol. The summed E-state index contributed by atoms with van der Waals surface area (Å²) in [5.41, 5.74) is 0. The van der Waals surface area contributed by atoms with Crippen molar-refractivity contribution in [3.63, 3.8) is 0 Å². The largest absolute Gasteiger partial charge is 0.472 e. The van der Waals surface area contributed by atoms with Gasteiger partial charge in [0, 0.05) is 12.8 Å². The van der Waals surface area contributed by atoms with Crippen molar-refractivity contribution in [2.45, 2.75) is 199 Å². The molecule has 0 bridgehead atoms. The Morgan fingerprint density at radius 2 is 0.960 bits per heavy atom. The van der Waals surface area contributed by atoms with Crippen LogP contribution in [0.5, 0.6) is 0 Å². The van der Waals surface area contributed by atoms with Gasteiger partial charge in [0.25, 0.3) is 0 Å². The number of nitrogens with zero attached hydrogens (tertiary/aromatic N) is 1. The van der Waals surface area contributed by atoms with Gasteiger partial charge in [0.05, 0.1) is 33.0 Å². The summed E-state index contributed by atoms with van der Waals surface area (Å²) in [4.78, 5) is 35.5. The van der Waals surface area contributed by atoms with Crippen molar-refractivity contribution in [1.82, 2.24) is 0 Å². The van der Waals surface area contributed by atoms with Crippen LogP contribution in [0.15, 0.2) is 0 Å². The molecular formula is C40H81NO7PS+. The quantitative estimate of drug-likeness (QED) is 0.0288. The second kappa shape index (κ2) is 34.3. The van der Waals surface area contributed by atoms with E-state index in [2.05, 4.69) is 13.8 Å². The van der Waals surface area contributed by atoms with Crippen molar-refractivity contribution in [2.24, 2.45) is 0 Å². The lowest BCUT2D eigenvalue weighted by Gasteiger charge is -2.24. The number of unbranched alkanes of at least 4 members (excludes halogenated alkanes) is 24. The van der Waals surface area contributed by atoms with E-state index in [1.54, 1.807) is 0 Å². The third-order valence-electron chi connectivity index (χ3n) is 9.14. The highest BCUT2D eigenvalue weighted by Crippen LogP contribution is 2.43. The van der Waals surface area contributed by atoms with E-state index in [9.17, 15) is 19.0 Å². The second-order valence-corrected chi connectivity index (χ2v) is 18.2. The average molecular weight is 751 g/mol. The van der Waals surface area contributed by atoms with Crippen LogP contribution in [0.4, 0.5) is 0 Å². The third-order valence-corrected chi connectivity index (χ3v) is 11.2. The Morgan fingerprint density at radius 1 is 0.580 bits per heavy atom. The third kappa shape index (κ3) is 37.3. The molecule has 2 atom stereocenters. The molecule has 50 heavy (non-hydrogen) atoms. The van der Waals surface area contributed by atoms with Crippen LogP contribution in [0.25, 0.3) is 0 Å². The normalized spacial score (nSPS) is 13.7. The van der Waals surface area contributed by atoms with Gasteiger partial charge in [-0.15, -0.1) is 0 Å². The Hall–Kier alpha value is -0.440. The van der Waals surface area contributed by atoms with Crippen LogP contribution in [0.2, 0.25) is 0 Å². The lowest BCUT2D eigenvalue weighted by atomic mass is 10.0. The van der Waals surface area contributed by atoms with Crippen LogP contribution in [0, 0.1) is 0 Å². The highest BCUT2D eigenvalue weighted by molar-refractivity contribution is 8.14. The Labute approximate surface area is 313 Å². The molecule has 1 unspecified atom stereocenters. The van der Waals surface area contributed by atoms with Crippen LogP contribution >= 0.6 is 19.6 Å². The van der Waals surface area contributed by atoms with Crippen molar-refractivity contribution in [2.75, 3.05) is 47.5 Å². The predicted molar refractivity (Wildman–Crippen MR) is 213 cm³/mol. The van der Waals surface area contributed by atoms with Crippen LogP contribution in [0.3, 0.4) is 0 Å². The molecular weight excluding hydrogens is 669 g/mol. The highest BCUT2D eigenvalue weighted by Gasteiger charge is 2.26. The van der Waals surface area contributed by atoms with Crippen LogP contribution in [-0.2, 0) is 27.9 Å². The number of rotatable bonds is 38. The minimum atomic E-state index is -4.29. The first-order valence-corrected chi connectivity index (χ1v) is 23.1. The fourth-order valence-corrected chi connectivity index (χ4v) is 7.60. The first-order valence-electron chi connectivity index (χ1n) is 20.8. The van der Waals surface area contributed by atoms with Gasteiger partial charge in [-0.05, 0) is 12.8 Å². The molecule has 0 radical (unpaired) electrons. The Bertz CT molecular complexity index is 839. The SMILES string of the molecule is CCCCCCCCCCCCCCCC(=O)OC[C@H](COP(=O)(O)OCC[N+](C)(C)C)SC(=O)CCCCCCCCCCCCCCC. The summed E-state index contributed by atoms with van der Waals surface area (Å²) in [6, 6.07) is 0. The standard InChI is InChI=1S/C40H80NO7PS/c1-6-8-10-12-14-16-18-20-22-24-26-28-30-32-39(42)46-36-38(37-48-49(44,45)47-35-34-41(3,4)5)50-40(43)33-31-29-27-25-23-21-19-17-15-13-11-9-7-2/h38H,6-37H2,1-5H3/p+1/t38-/m1/s1. The maximum atomic E-state index is 12.8. The van der Waals surface area contributed by atoms with Crippen molar-refractivity contribution in [3.8, 4) is 0 Å². The van der Waals surface area contributed by atoms with Gasteiger partial charge in [-0.2, -0.15) is 0 Å². The van der Waals surface area contributed by atoms with Crippen molar-refractivity contribution in [1.29, 1.82) is 0 Å². The smallest absolute Gasteiger partial charge is 0.464 e. The second-order valence-electron chi connectivity index (χ2n) is 15.4. The summed E-state index contributed by atoms with van der Waals surface area (Å²) < 4.78 is 29.0. The van der Waals surface area contributed by atoms with Crippen LogP contribution in [0.1, 0.15) is 194 Å². The fourth-order valence-electron chi connectivity index (χ4n) is 5.84. The van der Waals surface area contributed by atoms with E-state index < -0.39 is 13.1 Å². The van der Waals surface area contributed by atoms with Crippen LogP contribution < -0.4 is 0 Å². The Balaban J connectivity index is 4.36. The Kier molecular flexibility index (Phi) is 34.0. The van der Waals surface area contributed by atoms with E-state index in [0.717, 1.165) is 50.3 Å². The van der Waals surface area contributed by atoms with Gasteiger partial charge in [0.1, 0.15) is 19.8 Å². The van der Waals surface area contributed by atoms with E-state index >= 15 is 0 Å². The van der Waals surface area contributed by atoms with Gasteiger partial charge in [-0.1, -0.05) is 180 Å². The number of hydrogen-bond acceptors (Lipinski definition) is 7. The summed E-state index contributed by atoms with van der Waals surface area (Å²) in [5, 5.41) is -0.574. The number of thioether (sulfide) groups is 1. The summed E-state index contributed by atoms with van der Waals surface area (Å²) >= 11 is 1.06. The molecule has 0 rings (SSSR count). The topological polar surface area (TPSA) is 99.1 Å². The lowest BCUT2D eigenvalue weighted by molar-refractivity contribution is -0.870. The molecule has 0 aliphatic carbocycles. The van der Waals surface area contributed by atoms with E-state index in [1.165, 1.54) is 128 Å². The minimum Gasteiger partial charge on any atom is -0.464 e. The number of esters is 1. The van der Waals surface area contributed by atoms with E-state index in [4.69, 9.17) is 13.8 Å². The molecule has 0 aromatic rings. The highest BCUT2D eigenvalue weighted by atomic mass is 32.2. The first kappa shape index (κ1) is 49.6. The van der Waals surface area contributed by atoms with Gasteiger partial charge in [0.2, 0.25) is 0 Å². The molecule has 1 N–H and O–H groups in total. The number of ether oxygens (including phenoxy) is 1. The summed E-state index contributed by atoms with van der Waals surface area (Å²) in [6.07, 6.45) is 33.1. The number of carbonyl (C=O) groups excluding carboxylic acids is 2. The molecule has 0 saturated heterocycles. The number of quaternary nitrogens is 1. The molecule has 0 aliphatic heterocycles. The number of carbonyl (C=O) groups is 2. The maximum absolute atomic E-state index is 12.8. The van der Waals surface area contributed by atoms with Gasteiger partial charge < -0.3 is 14.1 Å². The van der Waals surface area contributed by atoms with E-state index in [1.807, 2.05) is 21.1 Å². The van der Waals surface area contributed by atoms with E-state index in [-0.39, 0.29) is 30.9 Å². The first-order chi connectivity index (χ1) is 24.0. The van der Waals surface area contributed by atoms with Crippen molar-refractivity contribution < 1.29 is 37.3 Å². The average Bonchev–Trinajstić information content (AvgIpc) is 3.06. The zero-order valence-electron chi connectivity index (χ0n) is 33.4. The molecule has 0 amide bonds. The number of phosphoric acid groups is 1. The maximum Gasteiger partial charge on any atom is 0.472 e. The van der Waals surface area contributed by atoms with Crippen molar-refractivity contribution >= 4 is 30.7 Å². The molecule has 0 spiro atoms. The zero-order chi connectivity index (χ0) is 37.2. The predicted octanol–water partition coefficient (Wildman–Crippen LogP) is 12.0. The zero-order valence-corrected chi connectivity index (χ0v) is 35.1. The van der Waals surface area contributed by atoms with Crippen LogP contribution in [-0.4, -0.2) is 73.2 Å². The molecule has 0 aromatic heterocycles. The van der Waals surface area contributed by atoms with Gasteiger partial charge >= 0.3 is 13.8 Å². The van der Waals surface area contributed by atoms with Gasteiger partial charge in [0.15, 0.2) is 5.12 Å². The van der Waals surface area contributed by atoms with Gasteiger partial charge in [-0.3, -0.25) is 18.6 Å². The molecule has 0 aliphatic rings.